The van der Waals surface area contributed by atoms with Crippen LogP contribution in [0.5, 0.6) is 0 Å². The number of carbonyl (C=O) groups is 3. The van der Waals surface area contributed by atoms with Crippen LogP contribution in [0.2, 0.25) is 0 Å². The van der Waals surface area contributed by atoms with Gasteiger partial charge in [-0.1, -0.05) is 13.3 Å². The van der Waals surface area contributed by atoms with Crippen LogP contribution in [0.15, 0.2) is 39.0 Å². The fourth-order valence-electron chi connectivity index (χ4n) is 3.80. The lowest BCUT2D eigenvalue weighted by Crippen LogP contribution is -2.41. The zero-order chi connectivity index (χ0) is 33.7. The van der Waals surface area contributed by atoms with E-state index in [1.807, 2.05) is 0 Å². The van der Waals surface area contributed by atoms with Gasteiger partial charge in [0, 0.05) is 36.5 Å². The number of aliphatic carboxylic acids is 1. The monoisotopic (exact) mass is 644 g/mol. The molecule has 16 nitrogen and oxygen atoms in total. The standard InChI is InChI=1S/C30H44N8O8/c1-4-5-13-44-15-17-46-18-16-45-14-12-33-24(39)11-10-23(29(42)43)36-27(40)21-6-8-22(9-7-21)34-19-20(2)35-25-26(32-3)37-30(31)38-28(25)41/h6-9,23,34H,3-5,10-19H2,1-2H3,(H,33,39)(H,36,40)(H,42,43)(H3,31,37,38,41). The van der Waals surface area contributed by atoms with Crippen molar-refractivity contribution in [2.24, 2.45) is 9.98 Å². The fourth-order valence-corrected chi connectivity index (χ4v) is 3.80. The Kier molecular flexibility index (Phi) is 17.2. The number of nitrogen functional groups attached to an aromatic ring is 1. The summed E-state index contributed by atoms with van der Waals surface area (Å²) in [5, 5.41) is 17.8. The second kappa shape index (κ2) is 21.1. The summed E-state index contributed by atoms with van der Waals surface area (Å²) in [7, 11) is 0. The van der Waals surface area contributed by atoms with E-state index in [4.69, 9.17) is 19.9 Å². The number of carboxylic acids is 1. The van der Waals surface area contributed by atoms with Gasteiger partial charge in [-0.3, -0.25) is 19.4 Å². The van der Waals surface area contributed by atoms with Gasteiger partial charge in [-0.15, -0.1) is 0 Å². The molecular weight excluding hydrogens is 600 g/mol. The molecule has 0 bridgehead atoms. The van der Waals surface area contributed by atoms with Crippen molar-refractivity contribution in [1.29, 1.82) is 0 Å². The highest BCUT2D eigenvalue weighted by atomic mass is 16.5. The second-order valence-corrected chi connectivity index (χ2v) is 10.0. The predicted molar refractivity (Wildman–Crippen MR) is 175 cm³/mol. The minimum Gasteiger partial charge on any atom is -0.480 e. The number of carbonyl (C=O) groups excluding carboxylic acids is 2. The van der Waals surface area contributed by atoms with Crippen molar-refractivity contribution >= 4 is 53.4 Å². The van der Waals surface area contributed by atoms with Crippen LogP contribution >= 0.6 is 0 Å². The van der Waals surface area contributed by atoms with Gasteiger partial charge >= 0.3 is 5.97 Å². The summed E-state index contributed by atoms with van der Waals surface area (Å²) in [6.07, 6.45) is 1.94. The van der Waals surface area contributed by atoms with Crippen LogP contribution in [0, 0.1) is 0 Å². The highest BCUT2D eigenvalue weighted by molar-refractivity contribution is 5.97. The highest BCUT2D eigenvalue weighted by Crippen LogP contribution is 2.20. The number of nitrogens with zero attached hydrogens (tertiary/aromatic N) is 3. The lowest BCUT2D eigenvalue weighted by atomic mass is 10.1. The van der Waals surface area contributed by atoms with E-state index in [1.54, 1.807) is 19.1 Å². The Labute approximate surface area is 267 Å². The van der Waals surface area contributed by atoms with Gasteiger partial charge in [0.2, 0.25) is 11.9 Å². The van der Waals surface area contributed by atoms with E-state index in [-0.39, 0.29) is 61.5 Å². The third kappa shape index (κ3) is 14.4. The summed E-state index contributed by atoms with van der Waals surface area (Å²) in [6, 6.07) is 5.07. The maximum absolute atomic E-state index is 12.7. The van der Waals surface area contributed by atoms with E-state index in [0.29, 0.717) is 37.8 Å². The van der Waals surface area contributed by atoms with E-state index in [1.165, 1.54) is 12.1 Å². The van der Waals surface area contributed by atoms with Gasteiger partial charge in [-0.25, -0.2) is 14.8 Å². The molecule has 0 aliphatic carbocycles. The number of carboxylic acid groups (broad SMARTS) is 1. The zero-order valence-electron chi connectivity index (χ0n) is 26.3. The van der Waals surface area contributed by atoms with Crippen LogP contribution in [0.1, 0.15) is 49.9 Å². The van der Waals surface area contributed by atoms with Gasteiger partial charge in [0.15, 0.2) is 11.5 Å². The third-order valence-electron chi connectivity index (χ3n) is 6.26. The Balaban J connectivity index is 1.71. The summed E-state index contributed by atoms with van der Waals surface area (Å²) in [6.45, 7) is 10.5. The van der Waals surface area contributed by atoms with E-state index >= 15 is 0 Å². The van der Waals surface area contributed by atoms with E-state index < -0.39 is 23.5 Å². The van der Waals surface area contributed by atoms with E-state index in [0.717, 1.165) is 19.4 Å². The van der Waals surface area contributed by atoms with Gasteiger partial charge in [-0.2, -0.15) is 4.98 Å². The number of nitrogens with two attached hydrogens (primary N) is 1. The summed E-state index contributed by atoms with van der Waals surface area (Å²) in [5.74, 6) is -2.29. The predicted octanol–water partition coefficient (Wildman–Crippen LogP) is 1.82. The van der Waals surface area contributed by atoms with Crippen molar-refractivity contribution in [3.8, 4) is 0 Å². The summed E-state index contributed by atoms with van der Waals surface area (Å²) < 4.78 is 16.2. The normalized spacial score (nSPS) is 11.9. The van der Waals surface area contributed by atoms with Gasteiger partial charge in [0.1, 0.15) is 6.04 Å². The number of unbranched alkanes of at least 4 members (excludes halogenated alkanes) is 1. The van der Waals surface area contributed by atoms with Crippen LogP contribution in [-0.4, -0.2) is 104 Å². The Hall–Kier alpha value is -4.67. The summed E-state index contributed by atoms with van der Waals surface area (Å²) >= 11 is 0. The zero-order valence-corrected chi connectivity index (χ0v) is 26.3. The quantitative estimate of drug-likeness (QED) is 0.0754. The molecule has 1 aromatic heterocycles. The molecule has 1 aromatic carbocycles. The maximum Gasteiger partial charge on any atom is 0.326 e. The number of aromatic nitrogens is 2. The molecule has 46 heavy (non-hydrogen) atoms. The van der Waals surface area contributed by atoms with Crippen molar-refractivity contribution in [3.05, 3.63) is 40.2 Å². The number of ether oxygens (including phenoxy) is 3. The van der Waals surface area contributed by atoms with Crippen LogP contribution in [0.25, 0.3) is 0 Å². The van der Waals surface area contributed by atoms with Crippen molar-refractivity contribution in [2.75, 3.05) is 63.8 Å². The second-order valence-electron chi connectivity index (χ2n) is 10.0. The van der Waals surface area contributed by atoms with Crippen LogP contribution in [0.3, 0.4) is 0 Å². The van der Waals surface area contributed by atoms with Crippen molar-refractivity contribution < 1.29 is 33.7 Å². The average Bonchev–Trinajstić information content (AvgIpc) is 3.03. The largest absolute Gasteiger partial charge is 0.480 e. The Bertz CT molecular complexity index is 1360. The van der Waals surface area contributed by atoms with Gasteiger partial charge in [0.25, 0.3) is 11.5 Å². The molecule has 7 N–H and O–H groups in total. The minimum atomic E-state index is -1.25. The molecule has 0 aliphatic rings. The number of rotatable bonds is 23. The number of benzene rings is 1. The molecule has 2 rings (SSSR count). The lowest BCUT2D eigenvalue weighted by Gasteiger charge is -2.15. The molecule has 2 aromatic rings. The molecule has 0 saturated heterocycles. The third-order valence-corrected chi connectivity index (χ3v) is 6.26. The number of H-pyrrole nitrogens is 1. The number of anilines is 2. The topological polar surface area (TPSA) is 232 Å². The smallest absolute Gasteiger partial charge is 0.326 e. The molecular formula is C30H44N8O8. The average molecular weight is 645 g/mol. The number of nitrogens with one attached hydrogen (secondary N) is 4. The molecule has 16 heteroatoms. The Morgan fingerprint density at radius 1 is 1.07 bits per heavy atom. The molecule has 0 fully saturated rings. The number of hydrogen-bond donors (Lipinski definition) is 6. The van der Waals surface area contributed by atoms with Crippen molar-refractivity contribution in [2.45, 2.75) is 45.6 Å². The summed E-state index contributed by atoms with van der Waals surface area (Å²) in [4.78, 5) is 62.9. The molecule has 0 spiro atoms. The Morgan fingerprint density at radius 3 is 2.35 bits per heavy atom. The highest BCUT2D eigenvalue weighted by Gasteiger charge is 2.21. The first-order valence-electron chi connectivity index (χ1n) is 14.9. The molecule has 0 radical (unpaired) electrons. The number of aromatic amines is 1. The molecule has 252 valence electrons. The number of hydrogen-bond acceptors (Lipinski definition) is 12. The molecule has 2 amide bonds. The van der Waals surface area contributed by atoms with Gasteiger partial charge in [-0.05, 0) is 50.7 Å². The maximum atomic E-state index is 12.7. The summed E-state index contributed by atoms with van der Waals surface area (Å²) in [5.41, 5.74) is 6.37. The van der Waals surface area contributed by atoms with Crippen LogP contribution in [-0.2, 0) is 23.8 Å². The first kappa shape index (κ1) is 37.5. The molecule has 1 heterocycles. The Morgan fingerprint density at radius 2 is 1.72 bits per heavy atom. The van der Waals surface area contributed by atoms with Gasteiger partial charge in [0.05, 0.1) is 39.6 Å². The SMILES string of the molecule is C=Nc1nc(N)[nH]c(=O)c1N=C(C)CNc1ccc(C(=O)NC(CCC(=O)NCCOCCOCCOCCCC)C(=O)O)cc1. The number of amides is 2. The van der Waals surface area contributed by atoms with E-state index in [2.05, 4.69) is 49.5 Å². The first-order chi connectivity index (χ1) is 22.1. The number of aliphatic imine (C=N–C) groups is 2. The molecule has 0 aliphatic heterocycles. The van der Waals surface area contributed by atoms with E-state index in [9.17, 15) is 24.3 Å². The molecule has 1 atom stereocenters. The van der Waals surface area contributed by atoms with Crippen LogP contribution < -0.4 is 27.2 Å². The van der Waals surface area contributed by atoms with Gasteiger partial charge < -0.3 is 41.0 Å². The molecule has 1 unspecified atom stereocenters. The first-order valence-corrected chi connectivity index (χ1v) is 14.9. The minimum absolute atomic E-state index is 0.0122. The van der Waals surface area contributed by atoms with Crippen molar-refractivity contribution in [3.63, 3.8) is 0 Å². The van der Waals surface area contributed by atoms with Crippen molar-refractivity contribution in [1.82, 2.24) is 20.6 Å². The van der Waals surface area contributed by atoms with Crippen LogP contribution in [0.4, 0.5) is 23.1 Å². The molecule has 0 saturated carbocycles. The fraction of sp³-hybridized carbons (Fsp3) is 0.500. The lowest BCUT2D eigenvalue weighted by molar-refractivity contribution is -0.139.